The molecule has 0 bridgehead atoms. The van der Waals surface area contributed by atoms with Crippen LogP contribution in [0, 0.1) is 0 Å². The van der Waals surface area contributed by atoms with Crippen LogP contribution < -0.4 is 0 Å². The third kappa shape index (κ3) is 2.05. The summed E-state index contributed by atoms with van der Waals surface area (Å²) >= 11 is 0. The van der Waals surface area contributed by atoms with Gasteiger partial charge >= 0.3 is 0 Å². The molecule has 18 heavy (non-hydrogen) atoms. The second kappa shape index (κ2) is 4.35. The largest absolute Gasteiger partial charge is 0.505 e. The number of azo groups is 1. The van der Waals surface area contributed by atoms with Crippen molar-refractivity contribution in [1.82, 2.24) is 0 Å². The number of hydrogen-bond acceptors (Lipinski definition) is 5. The molecule has 0 atom stereocenters. The monoisotopic (exact) mass is 266 g/mol. The van der Waals surface area contributed by atoms with Crippen LogP contribution in [0.4, 0.5) is 5.69 Å². The summed E-state index contributed by atoms with van der Waals surface area (Å²) in [5.41, 5.74) is -0.0103. The molecule has 2 aromatic carbocycles. The maximum atomic E-state index is 11.3. The third-order valence-corrected chi connectivity index (χ3v) is 3.34. The predicted molar refractivity (Wildman–Crippen MR) is 65.9 cm³/mol. The quantitative estimate of drug-likeness (QED) is 0.644. The molecule has 0 aromatic heterocycles. The van der Waals surface area contributed by atoms with Crippen LogP contribution in [0.15, 0.2) is 45.5 Å². The number of phenolic OH excluding ortho intramolecular Hbond substituents is 1. The lowest BCUT2D eigenvalue weighted by molar-refractivity contribution is 0.479. The fourth-order valence-electron chi connectivity index (χ4n) is 1.71. The van der Waals surface area contributed by atoms with E-state index in [0.717, 1.165) is 6.07 Å². The van der Waals surface area contributed by atoms with Crippen molar-refractivity contribution in [3.8, 4) is 5.75 Å². The zero-order valence-corrected chi connectivity index (χ0v) is 10.2. The number of nitrogens with zero attached hydrogens (tertiary/aromatic N) is 2. The zero-order valence-electron chi connectivity index (χ0n) is 9.40. The minimum Gasteiger partial charge on any atom is -0.505 e. The normalized spacial score (nSPS) is 12.3. The van der Waals surface area contributed by atoms with Gasteiger partial charge in [0.2, 0.25) is 0 Å². The molecule has 0 unspecified atom stereocenters. The number of phenols is 1. The number of benzene rings is 2. The van der Waals surface area contributed by atoms with Crippen LogP contribution in [-0.2, 0) is 10.1 Å². The molecule has 2 aromatic rings. The standard InChI is InChI=1S/C11H10N2O4S/c1-12-13-9-6-10(18(15,16)17)7-4-2-3-5-8(7)11(9)14/h2-6,14H,1H3,(H,15,16,17). The van der Waals surface area contributed by atoms with Crippen LogP contribution in [-0.4, -0.2) is 25.1 Å². The van der Waals surface area contributed by atoms with E-state index < -0.39 is 10.1 Å². The van der Waals surface area contributed by atoms with Gasteiger partial charge in [-0.3, -0.25) is 4.55 Å². The van der Waals surface area contributed by atoms with Crippen LogP contribution in [0.5, 0.6) is 5.75 Å². The minimum absolute atomic E-state index is 0.0103. The van der Waals surface area contributed by atoms with E-state index in [1.807, 2.05) is 0 Å². The van der Waals surface area contributed by atoms with E-state index in [1.54, 1.807) is 12.1 Å². The summed E-state index contributed by atoms with van der Waals surface area (Å²) in [6.45, 7) is 0. The second-order valence-corrected chi connectivity index (χ2v) is 4.95. The van der Waals surface area contributed by atoms with Crippen molar-refractivity contribution in [2.45, 2.75) is 4.90 Å². The first-order valence-corrected chi connectivity index (χ1v) is 6.41. The van der Waals surface area contributed by atoms with E-state index in [1.165, 1.54) is 19.2 Å². The second-order valence-electron chi connectivity index (χ2n) is 3.56. The Kier molecular flexibility index (Phi) is 3.02. The van der Waals surface area contributed by atoms with Crippen LogP contribution in [0.3, 0.4) is 0 Å². The summed E-state index contributed by atoms with van der Waals surface area (Å²) in [4.78, 5) is -0.307. The maximum Gasteiger partial charge on any atom is 0.295 e. The summed E-state index contributed by atoms with van der Waals surface area (Å²) in [6, 6.07) is 7.36. The van der Waals surface area contributed by atoms with Gasteiger partial charge in [0.15, 0.2) is 5.75 Å². The Hall–Kier alpha value is -1.99. The van der Waals surface area contributed by atoms with E-state index in [9.17, 15) is 18.1 Å². The van der Waals surface area contributed by atoms with Crippen molar-refractivity contribution in [3.05, 3.63) is 30.3 Å². The molecule has 0 aliphatic heterocycles. The minimum atomic E-state index is -4.40. The smallest absolute Gasteiger partial charge is 0.295 e. The Balaban J connectivity index is 2.98. The molecule has 0 saturated heterocycles. The molecular formula is C11H10N2O4S. The van der Waals surface area contributed by atoms with Crippen molar-refractivity contribution >= 4 is 26.6 Å². The fraction of sp³-hybridized carbons (Fsp3) is 0.0909. The Morgan fingerprint density at radius 2 is 1.78 bits per heavy atom. The average Bonchev–Trinajstić information content (AvgIpc) is 2.31. The van der Waals surface area contributed by atoms with Gasteiger partial charge in [0.1, 0.15) is 10.6 Å². The van der Waals surface area contributed by atoms with Crippen molar-refractivity contribution in [3.63, 3.8) is 0 Å². The number of hydrogen-bond donors (Lipinski definition) is 2. The molecule has 0 amide bonds. The molecule has 2 rings (SSSR count). The molecule has 6 nitrogen and oxygen atoms in total. The first-order valence-electron chi connectivity index (χ1n) is 4.97. The highest BCUT2D eigenvalue weighted by molar-refractivity contribution is 7.86. The molecular weight excluding hydrogens is 256 g/mol. The van der Waals surface area contributed by atoms with E-state index in [4.69, 9.17) is 0 Å². The van der Waals surface area contributed by atoms with Gasteiger partial charge < -0.3 is 5.11 Å². The van der Waals surface area contributed by atoms with Gasteiger partial charge in [-0.05, 0) is 6.07 Å². The highest BCUT2D eigenvalue weighted by Crippen LogP contribution is 2.38. The molecule has 0 saturated carbocycles. The predicted octanol–water partition coefficient (Wildman–Crippen LogP) is 2.51. The Morgan fingerprint density at radius 1 is 1.17 bits per heavy atom. The van der Waals surface area contributed by atoms with E-state index in [2.05, 4.69) is 10.2 Å². The lowest BCUT2D eigenvalue weighted by Crippen LogP contribution is -1.99. The van der Waals surface area contributed by atoms with Gasteiger partial charge in [-0.2, -0.15) is 18.6 Å². The Morgan fingerprint density at radius 3 is 2.33 bits per heavy atom. The lowest BCUT2D eigenvalue weighted by Gasteiger charge is -2.07. The summed E-state index contributed by atoms with van der Waals surface area (Å²) in [6.07, 6.45) is 0. The molecule has 7 heteroatoms. The third-order valence-electron chi connectivity index (χ3n) is 2.44. The number of rotatable bonds is 2. The molecule has 2 N–H and O–H groups in total. The number of aromatic hydroxyl groups is 1. The van der Waals surface area contributed by atoms with E-state index in [0.29, 0.717) is 0 Å². The molecule has 0 aliphatic carbocycles. The van der Waals surface area contributed by atoms with Gasteiger partial charge in [-0.15, -0.1) is 0 Å². The van der Waals surface area contributed by atoms with Gasteiger partial charge in [0.05, 0.1) is 0 Å². The highest BCUT2D eigenvalue weighted by atomic mass is 32.2. The van der Waals surface area contributed by atoms with Crippen LogP contribution in [0.2, 0.25) is 0 Å². The van der Waals surface area contributed by atoms with Gasteiger partial charge in [0.25, 0.3) is 10.1 Å². The maximum absolute atomic E-state index is 11.3. The first kappa shape index (κ1) is 12.5. The van der Waals surface area contributed by atoms with Crippen molar-refractivity contribution in [1.29, 1.82) is 0 Å². The molecule has 0 radical (unpaired) electrons. The molecule has 0 aliphatic rings. The Bertz CT molecular complexity index is 738. The van der Waals surface area contributed by atoms with E-state index in [-0.39, 0.29) is 27.1 Å². The summed E-state index contributed by atoms with van der Waals surface area (Å²) in [5.74, 6) is -0.177. The molecule has 0 spiro atoms. The van der Waals surface area contributed by atoms with Crippen molar-refractivity contribution < 1.29 is 18.1 Å². The van der Waals surface area contributed by atoms with Crippen LogP contribution in [0.1, 0.15) is 0 Å². The summed E-state index contributed by atoms with van der Waals surface area (Å²) < 4.78 is 31.8. The van der Waals surface area contributed by atoms with Crippen molar-refractivity contribution in [2.75, 3.05) is 7.05 Å². The van der Waals surface area contributed by atoms with Gasteiger partial charge in [-0.1, -0.05) is 24.3 Å². The Labute approximate surface area is 103 Å². The zero-order chi connectivity index (χ0) is 13.3. The summed E-state index contributed by atoms with van der Waals surface area (Å²) in [5, 5.41) is 17.6. The SMILES string of the molecule is CN=Nc1cc(S(=O)(=O)O)c2ccccc2c1O. The van der Waals surface area contributed by atoms with Crippen molar-refractivity contribution in [2.24, 2.45) is 10.2 Å². The molecule has 94 valence electrons. The van der Waals surface area contributed by atoms with E-state index >= 15 is 0 Å². The summed E-state index contributed by atoms with van der Waals surface area (Å²) in [7, 11) is -3.01. The highest BCUT2D eigenvalue weighted by Gasteiger charge is 2.18. The van der Waals surface area contributed by atoms with Crippen LogP contribution >= 0.6 is 0 Å². The van der Waals surface area contributed by atoms with Gasteiger partial charge in [-0.25, -0.2) is 0 Å². The first-order chi connectivity index (χ1) is 8.45. The average molecular weight is 266 g/mol. The fourth-order valence-corrected chi connectivity index (χ4v) is 2.43. The van der Waals surface area contributed by atoms with Gasteiger partial charge in [0, 0.05) is 17.8 Å². The topological polar surface area (TPSA) is 99.3 Å². The van der Waals surface area contributed by atoms with Crippen LogP contribution in [0.25, 0.3) is 10.8 Å². The molecule has 0 fully saturated rings. The number of fused-ring (bicyclic) bond motifs is 1. The molecule has 0 heterocycles. The lowest BCUT2D eigenvalue weighted by atomic mass is 10.1.